The van der Waals surface area contributed by atoms with Gasteiger partial charge in [0, 0.05) is 22.3 Å². The number of carbonyl (C=O) groups is 1. The second-order valence-corrected chi connectivity index (χ2v) is 7.02. The molecule has 0 fully saturated rings. The monoisotopic (exact) mass is 289 g/mol. The van der Waals surface area contributed by atoms with Gasteiger partial charge < -0.3 is 5.32 Å². The van der Waals surface area contributed by atoms with Crippen LogP contribution in [-0.4, -0.2) is 14.3 Å². The number of carbonyl (C=O) groups excluding carboxylic acids is 1. The van der Waals surface area contributed by atoms with E-state index in [9.17, 15) is 13.2 Å². The second-order valence-electron chi connectivity index (χ2n) is 4.52. The molecular weight excluding hydrogens is 274 g/mol. The predicted octanol–water partition coefficient (Wildman–Crippen LogP) is 2.83. The van der Waals surface area contributed by atoms with E-state index in [1.165, 1.54) is 0 Å². The molecule has 0 bridgehead atoms. The second kappa shape index (κ2) is 5.28. The molecule has 1 N–H and O–H groups in total. The maximum absolute atomic E-state index is 11.6. The van der Waals surface area contributed by atoms with Gasteiger partial charge in [0.05, 0.1) is 4.90 Å². The molecule has 1 aromatic rings. The van der Waals surface area contributed by atoms with Crippen molar-refractivity contribution in [2.24, 2.45) is 5.92 Å². The number of rotatable bonds is 3. The van der Waals surface area contributed by atoms with Crippen molar-refractivity contribution in [1.82, 2.24) is 0 Å². The van der Waals surface area contributed by atoms with Crippen LogP contribution in [-0.2, 0) is 13.8 Å². The maximum atomic E-state index is 11.6. The molecule has 4 nitrogen and oxygen atoms in total. The topological polar surface area (TPSA) is 63.2 Å². The highest BCUT2D eigenvalue weighted by Crippen LogP contribution is 2.27. The lowest BCUT2D eigenvalue weighted by Gasteiger charge is -2.12. The van der Waals surface area contributed by atoms with Gasteiger partial charge in [-0.15, -0.1) is 0 Å². The van der Waals surface area contributed by atoms with Crippen LogP contribution >= 0.6 is 10.7 Å². The van der Waals surface area contributed by atoms with E-state index >= 15 is 0 Å². The van der Waals surface area contributed by atoms with Crippen molar-refractivity contribution in [3.05, 3.63) is 23.3 Å². The Bertz CT molecular complexity index is 556. The van der Waals surface area contributed by atoms with Crippen molar-refractivity contribution in [3.63, 3.8) is 0 Å². The summed E-state index contributed by atoms with van der Waals surface area (Å²) in [6, 6.07) is 3.20. The van der Waals surface area contributed by atoms with Gasteiger partial charge in [0.2, 0.25) is 5.91 Å². The minimum absolute atomic E-state index is 0.103. The Morgan fingerprint density at radius 1 is 1.22 bits per heavy atom. The van der Waals surface area contributed by atoms with Gasteiger partial charge in [-0.1, -0.05) is 13.8 Å². The minimum atomic E-state index is -3.77. The molecule has 0 radical (unpaired) electrons. The molecule has 0 saturated heterocycles. The number of amides is 1. The molecule has 0 unspecified atom stereocenters. The highest BCUT2D eigenvalue weighted by molar-refractivity contribution is 8.13. The standard InChI is InChI=1S/C12H16ClNO3S/c1-7(2)12(15)14-10-5-8(3)11(9(4)6-10)18(13,16)17/h5-7H,1-4H3,(H,14,15). The molecule has 1 rings (SSSR count). The number of benzene rings is 1. The Hall–Kier alpha value is -1.07. The van der Waals surface area contributed by atoms with Gasteiger partial charge >= 0.3 is 0 Å². The van der Waals surface area contributed by atoms with Crippen LogP contribution in [0.3, 0.4) is 0 Å². The molecule has 0 aliphatic carbocycles. The van der Waals surface area contributed by atoms with Crippen LogP contribution in [0.2, 0.25) is 0 Å². The van der Waals surface area contributed by atoms with Crippen molar-refractivity contribution in [1.29, 1.82) is 0 Å². The quantitative estimate of drug-likeness (QED) is 0.870. The van der Waals surface area contributed by atoms with Gasteiger partial charge in [0.25, 0.3) is 9.05 Å². The summed E-state index contributed by atoms with van der Waals surface area (Å²) in [6.45, 7) is 6.86. The zero-order valence-electron chi connectivity index (χ0n) is 10.7. The average Bonchev–Trinajstić information content (AvgIpc) is 2.13. The van der Waals surface area contributed by atoms with E-state index in [1.54, 1.807) is 39.8 Å². The van der Waals surface area contributed by atoms with E-state index in [1.807, 2.05) is 0 Å². The Kier molecular flexibility index (Phi) is 4.40. The average molecular weight is 290 g/mol. The van der Waals surface area contributed by atoms with E-state index in [4.69, 9.17) is 10.7 Å². The first kappa shape index (κ1) is 15.0. The van der Waals surface area contributed by atoms with Gasteiger partial charge in [-0.25, -0.2) is 8.42 Å². The number of halogens is 1. The number of nitrogens with one attached hydrogen (secondary N) is 1. The van der Waals surface area contributed by atoms with Gasteiger partial charge in [-0.05, 0) is 37.1 Å². The smallest absolute Gasteiger partial charge is 0.261 e. The van der Waals surface area contributed by atoms with E-state index in [2.05, 4.69) is 5.32 Å². The molecule has 0 aliphatic heterocycles. The van der Waals surface area contributed by atoms with Crippen LogP contribution in [0.5, 0.6) is 0 Å². The summed E-state index contributed by atoms with van der Waals surface area (Å²) in [5, 5.41) is 2.72. The zero-order valence-corrected chi connectivity index (χ0v) is 12.3. The van der Waals surface area contributed by atoms with Gasteiger partial charge in [0.15, 0.2) is 0 Å². The van der Waals surface area contributed by atoms with Crippen molar-refractivity contribution in [2.45, 2.75) is 32.6 Å². The molecule has 0 spiro atoms. The fourth-order valence-electron chi connectivity index (χ4n) is 1.69. The number of hydrogen-bond acceptors (Lipinski definition) is 3. The fraction of sp³-hybridized carbons (Fsp3) is 0.417. The third kappa shape index (κ3) is 3.46. The number of anilines is 1. The van der Waals surface area contributed by atoms with Crippen LogP contribution in [0.1, 0.15) is 25.0 Å². The molecule has 6 heteroatoms. The van der Waals surface area contributed by atoms with Crippen molar-refractivity contribution >= 4 is 31.3 Å². The summed E-state index contributed by atoms with van der Waals surface area (Å²) in [4.78, 5) is 11.7. The van der Waals surface area contributed by atoms with Crippen molar-refractivity contribution in [2.75, 3.05) is 5.32 Å². The van der Waals surface area contributed by atoms with E-state index in [0.717, 1.165) is 0 Å². The lowest BCUT2D eigenvalue weighted by atomic mass is 10.1. The van der Waals surface area contributed by atoms with Crippen LogP contribution in [0.15, 0.2) is 17.0 Å². The van der Waals surface area contributed by atoms with Gasteiger partial charge in [0.1, 0.15) is 0 Å². The number of hydrogen-bond donors (Lipinski definition) is 1. The van der Waals surface area contributed by atoms with Crippen LogP contribution in [0.4, 0.5) is 5.69 Å². The van der Waals surface area contributed by atoms with Crippen molar-refractivity contribution < 1.29 is 13.2 Å². The molecule has 0 aromatic heterocycles. The van der Waals surface area contributed by atoms with Crippen LogP contribution in [0, 0.1) is 19.8 Å². The third-order valence-electron chi connectivity index (χ3n) is 2.50. The van der Waals surface area contributed by atoms with Crippen molar-refractivity contribution in [3.8, 4) is 0 Å². The summed E-state index contributed by atoms with van der Waals surface area (Å²) in [6.07, 6.45) is 0. The Labute approximate surface area is 112 Å². The Balaban J connectivity index is 3.20. The molecule has 0 atom stereocenters. The summed E-state index contributed by atoms with van der Waals surface area (Å²) >= 11 is 0. The molecule has 0 saturated carbocycles. The molecular formula is C12H16ClNO3S. The summed E-state index contributed by atoms with van der Waals surface area (Å²) in [5.74, 6) is -0.252. The van der Waals surface area contributed by atoms with E-state index in [-0.39, 0.29) is 16.7 Å². The van der Waals surface area contributed by atoms with Gasteiger partial charge in [-0.3, -0.25) is 4.79 Å². The molecule has 1 amide bonds. The first-order valence-corrected chi connectivity index (χ1v) is 7.80. The zero-order chi connectivity index (χ0) is 14.1. The summed E-state index contributed by atoms with van der Waals surface area (Å²) in [5.41, 5.74) is 1.61. The Morgan fingerprint density at radius 2 is 1.67 bits per heavy atom. The minimum Gasteiger partial charge on any atom is -0.326 e. The molecule has 1 aromatic carbocycles. The predicted molar refractivity (Wildman–Crippen MR) is 72.4 cm³/mol. The number of aryl methyl sites for hydroxylation is 2. The van der Waals surface area contributed by atoms with Crippen LogP contribution < -0.4 is 5.32 Å². The largest absolute Gasteiger partial charge is 0.326 e. The first-order valence-electron chi connectivity index (χ1n) is 5.49. The van der Waals surface area contributed by atoms with E-state index in [0.29, 0.717) is 16.8 Å². The molecule has 100 valence electrons. The summed E-state index contributed by atoms with van der Waals surface area (Å²) in [7, 11) is 1.60. The first-order chi connectivity index (χ1) is 8.12. The lowest BCUT2D eigenvalue weighted by molar-refractivity contribution is -0.118. The highest BCUT2D eigenvalue weighted by atomic mass is 35.7. The molecule has 18 heavy (non-hydrogen) atoms. The molecule has 0 heterocycles. The van der Waals surface area contributed by atoms with Gasteiger partial charge in [-0.2, -0.15) is 0 Å². The lowest BCUT2D eigenvalue weighted by Crippen LogP contribution is -2.18. The maximum Gasteiger partial charge on any atom is 0.261 e. The fourth-order valence-corrected chi connectivity index (χ4v) is 3.31. The third-order valence-corrected chi connectivity index (χ3v) is 4.09. The highest BCUT2D eigenvalue weighted by Gasteiger charge is 2.18. The summed E-state index contributed by atoms with van der Waals surface area (Å²) < 4.78 is 22.8. The SMILES string of the molecule is Cc1cc(NC(=O)C(C)C)cc(C)c1S(=O)(=O)Cl. The Morgan fingerprint density at radius 3 is 2.00 bits per heavy atom. The van der Waals surface area contributed by atoms with Crippen LogP contribution in [0.25, 0.3) is 0 Å². The normalized spacial score (nSPS) is 11.7. The van der Waals surface area contributed by atoms with E-state index < -0.39 is 9.05 Å². The molecule has 0 aliphatic rings.